The highest BCUT2D eigenvalue weighted by Gasteiger charge is 2.32. The van der Waals surface area contributed by atoms with Gasteiger partial charge in [0.2, 0.25) is 11.8 Å². The van der Waals surface area contributed by atoms with E-state index < -0.39 is 17.6 Å². The summed E-state index contributed by atoms with van der Waals surface area (Å²) in [7, 11) is 0. The molecule has 1 heterocycles. The zero-order chi connectivity index (χ0) is 20.9. The number of hydrogen-bond acceptors (Lipinski definition) is 3. The van der Waals surface area contributed by atoms with Crippen LogP contribution < -0.4 is 15.5 Å². The van der Waals surface area contributed by atoms with E-state index in [-0.39, 0.29) is 18.1 Å². The lowest BCUT2D eigenvalue weighted by Crippen LogP contribution is -2.34. The van der Waals surface area contributed by atoms with Gasteiger partial charge >= 0.3 is 6.18 Å². The first-order valence-corrected chi connectivity index (χ1v) is 10.4. The van der Waals surface area contributed by atoms with Gasteiger partial charge in [-0.05, 0) is 49.8 Å². The summed E-state index contributed by atoms with van der Waals surface area (Å²) in [5.74, 6) is -0.352. The number of benzene rings is 1. The van der Waals surface area contributed by atoms with Gasteiger partial charge in [-0.2, -0.15) is 13.2 Å². The van der Waals surface area contributed by atoms with E-state index >= 15 is 0 Å². The van der Waals surface area contributed by atoms with Crippen LogP contribution in [-0.2, 0) is 15.8 Å². The number of alkyl halides is 3. The van der Waals surface area contributed by atoms with Crippen LogP contribution >= 0.6 is 0 Å². The van der Waals surface area contributed by atoms with E-state index in [0.29, 0.717) is 18.0 Å². The van der Waals surface area contributed by atoms with Crippen molar-refractivity contribution in [3.63, 3.8) is 0 Å². The van der Waals surface area contributed by atoms with Gasteiger partial charge in [0.05, 0.1) is 23.5 Å². The van der Waals surface area contributed by atoms with E-state index in [1.165, 1.54) is 12.5 Å². The topological polar surface area (TPSA) is 61.4 Å². The molecular weight excluding hydrogens is 383 g/mol. The van der Waals surface area contributed by atoms with Gasteiger partial charge in [-0.15, -0.1) is 0 Å². The summed E-state index contributed by atoms with van der Waals surface area (Å²) >= 11 is 0. The van der Waals surface area contributed by atoms with E-state index in [1.807, 2.05) is 4.90 Å². The molecule has 2 fully saturated rings. The molecule has 2 amide bonds. The minimum absolute atomic E-state index is 0.133. The van der Waals surface area contributed by atoms with Crippen molar-refractivity contribution in [2.45, 2.75) is 57.5 Å². The van der Waals surface area contributed by atoms with Crippen LogP contribution in [0.5, 0.6) is 0 Å². The highest BCUT2D eigenvalue weighted by molar-refractivity contribution is 5.97. The van der Waals surface area contributed by atoms with Crippen molar-refractivity contribution in [3.05, 3.63) is 23.8 Å². The molecule has 160 valence electrons. The number of carbonyl (C=O) groups excluding carboxylic acids is 2. The van der Waals surface area contributed by atoms with Crippen LogP contribution in [0.3, 0.4) is 0 Å². The maximum atomic E-state index is 13.1. The maximum Gasteiger partial charge on any atom is 0.416 e. The summed E-state index contributed by atoms with van der Waals surface area (Å²) in [5, 5.41) is 5.16. The van der Waals surface area contributed by atoms with E-state index in [9.17, 15) is 22.8 Å². The second kappa shape index (κ2) is 9.50. The van der Waals surface area contributed by atoms with E-state index in [1.54, 1.807) is 0 Å². The lowest BCUT2D eigenvalue weighted by Gasteiger charge is -2.23. The molecule has 1 aliphatic carbocycles. The van der Waals surface area contributed by atoms with Crippen LogP contribution in [0.4, 0.5) is 24.5 Å². The molecule has 8 heteroatoms. The van der Waals surface area contributed by atoms with Crippen molar-refractivity contribution in [2.24, 2.45) is 5.92 Å². The molecule has 0 radical (unpaired) electrons. The Morgan fingerprint density at radius 3 is 2.34 bits per heavy atom. The Balaban J connectivity index is 1.60. The van der Waals surface area contributed by atoms with Crippen LogP contribution in [0, 0.1) is 5.92 Å². The fourth-order valence-electron chi connectivity index (χ4n) is 4.15. The Bertz CT molecular complexity index is 724. The van der Waals surface area contributed by atoms with Gasteiger partial charge in [0, 0.05) is 19.5 Å². The average Bonchev–Trinajstić information content (AvgIpc) is 3.21. The number of amides is 2. The predicted octanol–water partition coefficient (Wildman–Crippen LogP) is 4.33. The number of carbonyl (C=O) groups is 2. The number of hydrogen-bond donors (Lipinski definition) is 2. The fourth-order valence-corrected chi connectivity index (χ4v) is 4.15. The van der Waals surface area contributed by atoms with E-state index in [2.05, 4.69) is 10.6 Å². The van der Waals surface area contributed by atoms with Crippen molar-refractivity contribution >= 4 is 23.2 Å². The summed E-state index contributed by atoms with van der Waals surface area (Å²) in [6.45, 7) is 1.24. The van der Waals surface area contributed by atoms with Gasteiger partial charge in [-0.3, -0.25) is 9.59 Å². The minimum Gasteiger partial charge on any atom is -0.370 e. The molecule has 3 rings (SSSR count). The molecule has 0 atom stereocenters. The summed E-state index contributed by atoms with van der Waals surface area (Å²) in [4.78, 5) is 26.4. The molecule has 1 aliphatic heterocycles. The Morgan fingerprint density at radius 1 is 1.00 bits per heavy atom. The monoisotopic (exact) mass is 411 g/mol. The highest BCUT2D eigenvalue weighted by atomic mass is 19.4. The Kier molecular flexibility index (Phi) is 7.03. The molecule has 0 aromatic heterocycles. The average molecular weight is 411 g/mol. The van der Waals surface area contributed by atoms with Crippen LogP contribution in [0.15, 0.2) is 18.2 Å². The Labute approximate surface area is 169 Å². The summed E-state index contributed by atoms with van der Waals surface area (Å²) in [6.07, 6.45) is 3.37. The largest absolute Gasteiger partial charge is 0.416 e. The van der Waals surface area contributed by atoms with E-state index in [0.717, 1.165) is 63.7 Å². The van der Waals surface area contributed by atoms with Crippen LogP contribution in [-0.4, -0.2) is 31.4 Å². The van der Waals surface area contributed by atoms with Crippen molar-refractivity contribution in [1.29, 1.82) is 0 Å². The third-order valence-electron chi connectivity index (χ3n) is 5.69. The molecule has 1 aromatic carbocycles. The van der Waals surface area contributed by atoms with Gasteiger partial charge in [-0.25, -0.2) is 0 Å². The zero-order valence-electron chi connectivity index (χ0n) is 16.5. The first-order valence-electron chi connectivity index (χ1n) is 10.4. The van der Waals surface area contributed by atoms with Crippen molar-refractivity contribution < 1.29 is 22.8 Å². The third-order valence-corrected chi connectivity index (χ3v) is 5.69. The van der Waals surface area contributed by atoms with Crippen LogP contribution in [0.1, 0.15) is 56.9 Å². The van der Waals surface area contributed by atoms with Gasteiger partial charge in [0.1, 0.15) is 0 Å². The van der Waals surface area contributed by atoms with E-state index in [4.69, 9.17) is 0 Å². The minimum atomic E-state index is -4.49. The fraction of sp³-hybridized carbons (Fsp3) is 0.619. The molecule has 2 N–H and O–H groups in total. The van der Waals surface area contributed by atoms with Crippen LogP contribution in [0.2, 0.25) is 0 Å². The number of nitrogens with zero attached hydrogens (tertiary/aromatic N) is 1. The first-order chi connectivity index (χ1) is 13.8. The first kappa shape index (κ1) is 21.5. The molecule has 0 spiro atoms. The van der Waals surface area contributed by atoms with Gasteiger partial charge in [-0.1, -0.05) is 19.3 Å². The molecular formula is C21H28F3N3O2. The van der Waals surface area contributed by atoms with Crippen molar-refractivity contribution in [2.75, 3.05) is 29.9 Å². The lowest BCUT2D eigenvalue weighted by atomic mass is 9.87. The molecule has 0 unspecified atom stereocenters. The molecule has 2 aliphatic rings. The lowest BCUT2D eigenvalue weighted by molar-refractivity contribution is -0.137. The predicted molar refractivity (Wildman–Crippen MR) is 106 cm³/mol. The summed E-state index contributed by atoms with van der Waals surface area (Å²) in [5.41, 5.74) is -0.0947. The van der Waals surface area contributed by atoms with Gasteiger partial charge in [0.25, 0.3) is 0 Å². The maximum absolute atomic E-state index is 13.1. The Hall–Kier alpha value is -2.25. The van der Waals surface area contributed by atoms with Crippen molar-refractivity contribution in [1.82, 2.24) is 5.32 Å². The summed E-state index contributed by atoms with van der Waals surface area (Å²) < 4.78 is 39.3. The molecule has 29 heavy (non-hydrogen) atoms. The van der Waals surface area contributed by atoms with Crippen molar-refractivity contribution in [3.8, 4) is 0 Å². The SMILES string of the molecule is O=C(CC1CCCCC1)NCC(=O)Nc1cc(C(F)(F)F)ccc1N1CCCC1. The number of halogens is 3. The highest BCUT2D eigenvalue weighted by Crippen LogP contribution is 2.36. The Morgan fingerprint density at radius 2 is 1.69 bits per heavy atom. The smallest absolute Gasteiger partial charge is 0.370 e. The normalized spacial score (nSPS) is 18.0. The van der Waals surface area contributed by atoms with Gasteiger partial charge in [0.15, 0.2) is 0 Å². The zero-order valence-corrected chi connectivity index (χ0v) is 16.5. The molecule has 5 nitrogen and oxygen atoms in total. The standard InChI is InChI=1S/C21H28F3N3O2/c22-21(23,24)16-8-9-18(27-10-4-5-11-27)17(13-16)26-20(29)14-25-19(28)12-15-6-2-1-3-7-15/h8-9,13,15H,1-7,10-12,14H2,(H,25,28)(H,26,29). The number of nitrogens with one attached hydrogen (secondary N) is 2. The molecule has 1 saturated heterocycles. The van der Waals surface area contributed by atoms with Gasteiger partial charge < -0.3 is 15.5 Å². The van der Waals surface area contributed by atoms with Crippen LogP contribution in [0.25, 0.3) is 0 Å². The second-order valence-electron chi connectivity index (χ2n) is 7.96. The molecule has 1 aromatic rings. The quantitative estimate of drug-likeness (QED) is 0.733. The number of anilines is 2. The third kappa shape index (κ3) is 6.11. The number of rotatable bonds is 6. The second-order valence-corrected chi connectivity index (χ2v) is 7.96. The molecule has 1 saturated carbocycles. The molecule has 0 bridgehead atoms. The summed E-state index contributed by atoms with van der Waals surface area (Å²) in [6, 6.07) is 3.41.